The predicted molar refractivity (Wildman–Crippen MR) is 71.9 cm³/mol. The van der Waals surface area contributed by atoms with Crippen molar-refractivity contribution in [3.05, 3.63) is 18.1 Å². The van der Waals surface area contributed by atoms with Gasteiger partial charge in [-0.3, -0.25) is 14.8 Å². The smallest absolute Gasteiger partial charge is 0.422 e. The highest BCUT2D eigenvalue weighted by Gasteiger charge is 2.29. The van der Waals surface area contributed by atoms with Gasteiger partial charge in [0.25, 0.3) is 0 Å². The Morgan fingerprint density at radius 2 is 2.14 bits per heavy atom. The molecule has 0 aromatic carbocycles. The second-order valence-corrected chi connectivity index (χ2v) is 4.07. The molecular formula is C12H14F3N5O2. The molecule has 1 rings (SSSR count). The first-order valence-corrected chi connectivity index (χ1v) is 6.07. The summed E-state index contributed by atoms with van der Waals surface area (Å²) in [6.45, 7) is -0.372. The second kappa shape index (κ2) is 8.05. The quantitative estimate of drug-likeness (QED) is 0.770. The zero-order chi connectivity index (χ0) is 16.6. The number of nitrogens with zero attached hydrogens (tertiary/aromatic N) is 4. The fourth-order valence-electron chi connectivity index (χ4n) is 1.37. The monoisotopic (exact) mass is 317 g/mol. The van der Waals surface area contributed by atoms with Crippen LogP contribution in [0.4, 0.5) is 13.2 Å². The van der Waals surface area contributed by atoms with E-state index in [0.717, 1.165) is 6.21 Å². The van der Waals surface area contributed by atoms with E-state index >= 15 is 0 Å². The van der Waals surface area contributed by atoms with Crippen LogP contribution >= 0.6 is 0 Å². The molecule has 0 radical (unpaired) electrons. The van der Waals surface area contributed by atoms with Crippen molar-refractivity contribution in [2.45, 2.75) is 19.6 Å². The zero-order valence-electron chi connectivity index (χ0n) is 11.7. The average Bonchev–Trinajstić information content (AvgIpc) is 2.44. The third-order valence-electron chi connectivity index (χ3n) is 2.33. The Hall–Kier alpha value is -2.52. The summed E-state index contributed by atoms with van der Waals surface area (Å²) >= 11 is 0. The number of aromatic nitrogens is 2. The summed E-state index contributed by atoms with van der Waals surface area (Å²) < 4.78 is 41.2. The van der Waals surface area contributed by atoms with Gasteiger partial charge in [-0.25, -0.2) is 4.98 Å². The van der Waals surface area contributed by atoms with Crippen LogP contribution in [0.1, 0.15) is 12.6 Å². The van der Waals surface area contributed by atoms with Crippen LogP contribution in [0.3, 0.4) is 0 Å². The van der Waals surface area contributed by atoms with Gasteiger partial charge in [-0.1, -0.05) is 0 Å². The standard InChI is InChI=1S/C12H14F3N5O2/c1-9(21)20(8-17-3-2-16)6-10-11(19-5-4-18-10)22-7-12(13,14)15/h2-5,16H,6-8H2,1H3/b16-2?,17-3-. The van der Waals surface area contributed by atoms with Gasteiger partial charge < -0.3 is 15.0 Å². The molecule has 10 heteroatoms. The Bertz CT molecular complexity index is 548. The van der Waals surface area contributed by atoms with Crippen LogP contribution in [0.15, 0.2) is 17.4 Å². The highest BCUT2D eigenvalue weighted by atomic mass is 19.4. The Morgan fingerprint density at radius 3 is 2.73 bits per heavy atom. The molecule has 0 spiro atoms. The molecule has 0 atom stereocenters. The average molecular weight is 317 g/mol. The van der Waals surface area contributed by atoms with Gasteiger partial charge >= 0.3 is 6.18 Å². The molecule has 120 valence electrons. The molecular weight excluding hydrogens is 303 g/mol. The summed E-state index contributed by atoms with van der Waals surface area (Å²) in [4.78, 5) is 24.1. The van der Waals surface area contributed by atoms with E-state index in [4.69, 9.17) is 5.41 Å². The summed E-state index contributed by atoms with van der Waals surface area (Å²) in [6, 6.07) is 0. The molecule has 0 bridgehead atoms. The van der Waals surface area contributed by atoms with E-state index in [1.54, 1.807) is 0 Å². The first-order chi connectivity index (χ1) is 10.3. The van der Waals surface area contributed by atoms with Crippen molar-refractivity contribution in [3.8, 4) is 5.88 Å². The Morgan fingerprint density at radius 1 is 1.45 bits per heavy atom. The lowest BCUT2D eigenvalue weighted by atomic mass is 10.3. The molecule has 1 amide bonds. The summed E-state index contributed by atoms with van der Waals surface area (Å²) in [7, 11) is 0. The summed E-state index contributed by atoms with van der Waals surface area (Å²) in [5.41, 5.74) is 0.0898. The molecule has 1 heterocycles. The highest BCUT2D eigenvalue weighted by Crippen LogP contribution is 2.19. The molecule has 0 saturated heterocycles. The van der Waals surface area contributed by atoms with Crippen LogP contribution in [0.2, 0.25) is 0 Å². The number of hydrogen-bond acceptors (Lipinski definition) is 6. The highest BCUT2D eigenvalue weighted by molar-refractivity contribution is 6.14. The molecule has 1 aromatic heterocycles. The van der Waals surface area contributed by atoms with Gasteiger partial charge in [0.2, 0.25) is 11.8 Å². The minimum absolute atomic E-state index is 0.0556. The van der Waals surface area contributed by atoms with Gasteiger partial charge in [0.1, 0.15) is 12.4 Å². The van der Waals surface area contributed by atoms with E-state index in [0.29, 0.717) is 0 Å². The predicted octanol–water partition coefficient (Wildman–Crippen LogP) is 1.44. The normalized spacial score (nSPS) is 11.5. The molecule has 1 aromatic rings. The second-order valence-electron chi connectivity index (χ2n) is 4.07. The summed E-state index contributed by atoms with van der Waals surface area (Å²) in [5.74, 6) is -0.642. The van der Waals surface area contributed by atoms with Crippen LogP contribution in [0, 0.1) is 5.41 Å². The van der Waals surface area contributed by atoms with E-state index in [1.807, 2.05) is 0 Å². The molecule has 0 fully saturated rings. The minimum Gasteiger partial charge on any atom is -0.467 e. The number of alkyl halides is 3. The largest absolute Gasteiger partial charge is 0.467 e. The van der Waals surface area contributed by atoms with Gasteiger partial charge in [0, 0.05) is 31.7 Å². The fourth-order valence-corrected chi connectivity index (χ4v) is 1.37. The number of amides is 1. The molecule has 0 unspecified atom stereocenters. The third kappa shape index (κ3) is 6.29. The fraction of sp³-hybridized carbons (Fsp3) is 0.417. The summed E-state index contributed by atoms with van der Waals surface area (Å²) in [6.07, 6.45) is 0.116. The van der Waals surface area contributed by atoms with Crippen molar-refractivity contribution in [2.24, 2.45) is 4.99 Å². The maximum atomic E-state index is 12.2. The third-order valence-corrected chi connectivity index (χ3v) is 2.33. The lowest BCUT2D eigenvalue weighted by molar-refractivity contribution is -0.154. The van der Waals surface area contributed by atoms with Gasteiger partial charge in [-0.05, 0) is 0 Å². The molecule has 0 saturated carbocycles. The first-order valence-electron chi connectivity index (χ1n) is 6.07. The van der Waals surface area contributed by atoms with Crippen molar-refractivity contribution < 1.29 is 22.7 Å². The van der Waals surface area contributed by atoms with Crippen molar-refractivity contribution in [2.75, 3.05) is 13.3 Å². The Labute approximate surface area is 124 Å². The molecule has 0 aliphatic heterocycles. The first kappa shape index (κ1) is 17.5. The van der Waals surface area contributed by atoms with E-state index in [1.165, 1.54) is 30.4 Å². The van der Waals surface area contributed by atoms with E-state index in [9.17, 15) is 18.0 Å². The van der Waals surface area contributed by atoms with Crippen LogP contribution < -0.4 is 4.74 Å². The Balaban J connectivity index is 2.83. The maximum absolute atomic E-state index is 12.2. The molecule has 22 heavy (non-hydrogen) atoms. The number of hydrogen-bond donors (Lipinski definition) is 1. The lowest BCUT2D eigenvalue weighted by Crippen LogP contribution is -2.29. The topological polar surface area (TPSA) is 91.5 Å². The SMILES string of the molecule is CC(=O)N(C/N=C\C=N)Cc1nccnc1OCC(F)(F)F. The number of nitrogens with one attached hydrogen (secondary N) is 1. The van der Waals surface area contributed by atoms with Crippen LogP contribution in [0.25, 0.3) is 0 Å². The van der Waals surface area contributed by atoms with Gasteiger partial charge in [-0.15, -0.1) is 0 Å². The Kier molecular flexibility index (Phi) is 6.42. The van der Waals surface area contributed by atoms with E-state index in [-0.39, 0.29) is 30.7 Å². The van der Waals surface area contributed by atoms with Crippen LogP contribution in [-0.2, 0) is 11.3 Å². The van der Waals surface area contributed by atoms with Gasteiger partial charge in [0.05, 0.1) is 6.54 Å². The van der Waals surface area contributed by atoms with Crippen molar-refractivity contribution >= 4 is 18.3 Å². The molecule has 0 aliphatic carbocycles. The number of rotatable bonds is 7. The van der Waals surface area contributed by atoms with Crippen molar-refractivity contribution in [1.29, 1.82) is 5.41 Å². The number of ether oxygens (including phenoxy) is 1. The number of aliphatic imine (C=N–C) groups is 1. The maximum Gasteiger partial charge on any atom is 0.422 e. The van der Waals surface area contributed by atoms with E-state index in [2.05, 4.69) is 19.7 Å². The van der Waals surface area contributed by atoms with E-state index < -0.39 is 12.8 Å². The lowest BCUT2D eigenvalue weighted by Gasteiger charge is -2.19. The molecule has 0 aliphatic rings. The number of carbonyl (C=O) groups excluding carboxylic acids is 1. The number of carbonyl (C=O) groups is 1. The zero-order valence-corrected chi connectivity index (χ0v) is 11.7. The summed E-state index contributed by atoms with van der Waals surface area (Å²) in [5, 5.41) is 6.80. The minimum atomic E-state index is -4.50. The van der Waals surface area contributed by atoms with Crippen LogP contribution in [0.5, 0.6) is 5.88 Å². The van der Waals surface area contributed by atoms with Crippen LogP contribution in [-0.4, -0.2) is 52.7 Å². The van der Waals surface area contributed by atoms with Gasteiger partial charge in [0.15, 0.2) is 6.61 Å². The molecule has 7 nitrogen and oxygen atoms in total. The van der Waals surface area contributed by atoms with Gasteiger partial charge in [-0.2, -0.15) is 13.2 Å². The van der Waals surface area contributed by atoms with Crippen molar-refractivity contribution in [1.82, 2.24) is 14.9 Å². The van der Waals surface area contributed by atoms with Crippen molar-refractivity contribution in [3.63, 3.8) is 0 Å². The number of halogens is 3. The molecule has 1 N–H and O–H groups in total.